The van der Waals surface area contributed by atoms with Crippen molar-refractivity contribution < 1.29 is 14.3 Å². The van der Waals surface area contributed by atoms with Crippen LogP contribution in [0, 0.1) is 6.92 Å². The van der Waals surface area contributed by atoms with Crippen molar-refractivity contribution in [3.63, 3.8) is 0 Å². The Morgan fingerprint density at radius 1 is 1.09 bits per heavy atom. The van der Waals surface area contributed by atoms with E-state index < -0.39 is 6.04 Å². The van der Waals surface area contributed by atoms with E-state index in [1.54, 1.807) is 23.8 Å². The van der Waals surface area contributed by atoms with Crippen LogP contribution in [-0.4, -0.2) is 41.7 Å². The highest BCUT2D eigenvalue weighted by Gasteiger charge is 2.30. The minimum atomic E-state index is -0.462. The molecule has 6 heteroatoms. The van der Waals surface area contributed by atoms with E-state index in [0.29, 0.717) is 18.7 Å². The van der Waals surface area contributed by atoms with Crippen LogP contribution in [0.5, 0.6) is 5.75 Å². The summed E-state index contributed by atoms with van der Waals surface area (Å²) < 4.78 is 5.22. The van der Waals surface area contributed by atoms with Crippen molar-refractivity contribution in [2.24, 2.45) is 0 Å². The van der Waals surface area contributed by atoms with Gasteiger partial charge in [-0.1, -0.05) is 62.6 Å². The standard InChI is InChI=1S/C28H38N2O3S/c1-4-26(28(32)29-24-12-6-5-7-13-24)30(18-23-11-9-8-10-21(23)2)27(31)20-34-19-22-14-16-25(33-3)17-15-22/h8-11,14-17,24,26H,4-7,12-13,18-20H2,1-3H3,(H,29,32)/t26-/m1/s1. The molecule has 184 valence electrons. The fraction of sp³-hybridized carbons (Fsp3) is 0.500. The quantitative estimate of drug-likeness (QED) is 0.460. The molecule has 1 N–H and O–H groups in total. The number of methoxy groups -OCH3 is 1. The van der Waals surface area contributed by atoms with Crippen LogP contribution in [0.3, 0.4) is 0 Å². The summed E-state index contributed by atoms with van der Waals surface area (Å²) in [6, 6.07) is 15.8. The number of rotatable bonds is 11. The van der Waals surface area contributed by atoms with E-state index in [4.69, 9.17) is 4.74 Å². The van der Waals surface area contributed by atoms with Crippen molar-refractivity contribution in [2.75, 3.05) is 12.9 Å². The first kappa shape index (κ1) is 26.1. The van der Waals surface area contributed by atoms with Gasteiger partial charge in [0.25, 0.3) is 0 Å². The summed E-state index contributed by atoms with van der Waals surface area (Å²) in [5.74, 6) is 1.89. The molecule has 0 aromatic heterocycles. The Bertz CT molecular complexity index is 926. The van der Waals surface area contributed by atoms with Crippen LogP contribution < -0.4 is 10.1 Å². The van der Waals surface area contributed by atoms with E-state index in [0.717, 1.165) is 53.9 Å². The van der Waals surface area contributed by atoms with Gasteiger partial charge in [0, 0.05) is 18.3 Å². The van der Waals surface area contributed by atoms with Gasteiger partial charge in [-0.25, -0.2) is 0 Å². The number of carbonyl (C=O) groups is 2. The number of benzene rings is 2. The summed E-state index contributed by atoms with van der Waals surface area (Å²) in [4.78, 5) is 28.5. The predicted octanol–water partition coefficient (Wildman–Crippen LogP) is 5.49. The molecule has 0 unspecified atom stereocenters. The summed E-state index contributed by atoms with van der Waals surface area (Å²) >= 11 is 1.58. The van der Waals surface area contributed by atoms with E-state index in [9.17, 15) is 9.59 Å². The van der Waals surface area contributed by atoms with Crippen LogP contribution in [0.1, 0.15) is 62.1 Å². The zero-order chi connectivity index (χ0) is 24.3. The highest BCUT2D eigenvalue weighted by molar-refractivity contribution is 7.99. The highest BCUT2D eigenvalue weighted by atomic mass is 32.2. The number of amides is 2. The van der Waals surface area contributed by atoms with Crippen LogP contribution in [0.4, 0.5) is 0 Å². The first-order valence-electron chi connectivity index (χ1n) is 12.4. The van der Waals surface area contributed by atoms with Crippen molar-refractivity contribution in [2.45, 2.75) is 76.8 Å². The molecule has 0 saturated heterocycles. The number of hydrogen-bond donors (Lipinski definition) is 1. The number of aryl methyl sites for hydroxylation is 1. The topological polar surface area (TPSA) is 58.6 Å². The molecule has 1 fully saturated rings. The molecular formula is C28H38N2O3S. The molecule has 0 radical (unpaired) electrons. The first-order valence-corrected chi connectivity index (χ1v) is 13.5. The van der Waals surface area contributed by atoms with Gasteiger partial charge in [-0.05, 0) is 55.0 Å². The lowest BCUT2D eigenvalue weighted by Crippen LogP contribution is -2.52. The fourth-order valence-corrected chi connectivity index (χ4v) is 5.37. The van der Waals surface area contributed by atoms with Crippen molar-refractivity contribution in [3.05, 3.63) is 65.2 Å². The molecule has 3 rings (SSSR count). The number of carbonyl (C=O) groups excluding carboxylic acids is 2. The molecule has 1 saturated carbocycles. The molecule has 1 aliphatic carbocycles. The average Bonchev–Trinajstić information content (AvgIpc) is 2.86. The van der Waals surface area contributed by atoms with Gasteiger partial charge in [-0.15, -0.1) is 11.8 Å². The minimum absolute atomic E-state index is 0.00686. The molecule has 2 aromatic rings. The maximum absolute atomic E-state index is 13.5. The minimum Gasteiger partial charge on any atom is -0.497 e. The summed E-state index contributed by atoms with van der Waals surface area (Å²) in [6.45, 7) is 4.50. The second kappa shape index (κ2) is 13.4. The van der Waals surface area contributed by atoms with E-state index in [-0.39, 0.29) is 17.9 Å². The number of nitrogens with one attached hydrogen (secondary N) is 1. The third kappa shape index (κ3) is 7.52. The molecule has 1 atom stereocenters. The molecule has 0 spiro atoms. The maximum atomic E-state index is 13.5. The van der Waals surface area contributed by atoms with Crippen molar-refractivity contribution in [3.8, 4) is 5.75 Å². The Labute approximate surface area is 208 Å². The van der Waals surface area contributed by atoms with Gasteiger partial charge in [0.15, 0.2) is 0 Å². The van der Waals surface area contributed by atoms with Gasteiger partial charge in [-0.2, -0.15) is 0 Å². The van der Waals surface area contributed by atoms with E-state index in [1.165, 1.54) is 6.42 Å². The monoisotopic (exact) mass is 482 g/mol. The zero-order valence-corrected chi connectivity index (χ0v) is 21.5. The molecule has 0 bridgehead atoms. The lowest BCUT2D eigenvalue weighted by molar-refractivity contribution is -0.139. The van der Waals surface area contributed by atoms with Crippen molar-refractivity contribution in [1.82, 2.24) is 10.2 Å². The molecule has 2 amide bonds. The van der Waals surface area contributed by atoms with Crippen LogP contribution in [0.2, 0.25) is 0 Å². The molecule has 5 nitrogen and oxygen atoms in total. The zero-order valence-electron chi connectivity index (χ0n) is 20.7. The van der Waals surface area contributed by atoms with Crippen molar-refractivity contribution >= 4 is 23.6 Å². The van der Waals surface area contributed by atoms with Crippen molar-refractivity contribution in [1.29, 1.82) is 0 Å². The molecule has 34 heavy (non-hydrogen) atoms. The fourth-order valence-electron chi connectivity index (χ4n) is 4.50. The summed E-state index contributed by atoms with van der Waals surface area (Å²) in [5, 5.41) is 3.25. The predicted molar refractivity (Wildman–Crippen MR) is 140 cm³/mol. The Hall–Kier alpha value is -2.47. The highest BCUT2D eigenvalue weighted by Crippen LogP contribution is 2.22. The van der Waals surface area contributed by atoms with Crippen LogP contribution >= 0.6 is 11.8 Å². The summed E-state index contributed by atoms with van der Waals surface area (Å²) in [7, 11) is 1.65. The molecule has 0 aliphatic heterocycles. The summed E-state index contributed by atoms with van der Waals surface area (Å²) in [6.07, 6.45) is 6.23. The first-order chi connectivity index (χ1) is 16.5. The largest absolute Gasteiger partial charge is 0.497 e. The third-order valence-corrected chi connectivity index (χ3v) is 7.58. The summed E-state index contributed by atoms with van der Waals surface area (Å²) in [5.41, 5.74) is 3.36. The van der Waals surface area contributed by atoms with E-state index >= 15 is 0 Å². The molecule has 1 aliphatic rings. The van der Waals surface area contributed by atoms with Gasteiger partial charge >= 0.3 is 0 Å². The van der Waals surface area contributed by atoms with Gasteiger partial charge in [0.05, 0.1) is 12.9 Å². The third-order valence-electron chi connectivity index (χ3n) is 6.59. The van der Waals surface area contributed by atoms with Crippen LogP contribution in [-0.2, 0) is 21.9 Å². The normalized spacial score (nSPS) is 14.9. The second-order valence-electron chi connectivity index (χ2n) is 9.06. The Morgan fingerprint density at radius 2 is 1.79 bits per heavy atom. The number of nitrogens with zero attached hydrogens (tertiary/aromatic N) is 1. The van der Waals surface area contributed by atoms with Gasteiger partial charge < -0.3 is 15.0 Å². The number of hydrogen-bond acceptors (Lipinski definition) is 4. The van der Waals surface area contributed by atoms with Crippen LogP contribution in [0.25, 0.3) is 0 Å². The van der Waals surface area contributed by atoms with Gasteiger partial charge in [0.2, 0.25) is 11.8 Å². The average molecular weight is 483 g/mol. The lowest BCUT2D eigenvalue weighted by Gasteiger charge is -2.33. The molecule has 2 aromatic carbocycles. The van der Waals surface area contributed by atoms with E-state index in [1.807, 2.05) is 49.4 Å². The number of thioether (sulfide) groups is 1. The lowest BCUT2D eigenvalue weighted by atomic mass is 9.95. The molecule has 0 heterocycles. The van der Waals surface area contributed by atoms with Gasteiger partial charge in [0.1, 0.15) is 11.8 Å². The van der Waals surface area contributed by atoms with Crippen LogP contribution in [0.15, 0.2) is 48.5 Å². The Kier molecular flexibility index (Phi) is 10.3. The second-order valence-corrected chi connectivity index (χ2v) is 10.0. The smallest absolute Gasteiger partial charge is 0.243 e. The maximum Gasteiger partial charge on any atom is 0.243 e. The Balaban J connectivity index is 1.69. The molecular weight excluding hydrogens is 444 g/mol. The number of ether oxygens (including phenoxy) is 1. The SMILES string of the molecule is CC[C@H](C(=O)NC1CCCCC1)N(Cc1ccccc1C)C(=O)CSCc1ccc(OC)cc1. The Morgan fingerprint density at radius 3 is 2.44 bits per heavy atom. The van der Waals surface area contributed by atoms with E-state index in [2.05, 4.69) is 18.3 Å². The van der Waals surface area contributed by atoms with Gasteiger partial charge in [-0.3, -0.25) is 9.59 Å².